The minimum Gasteiger partial charge on any atom is -0.351 e. The summed E-state index contributed by atoms with van der Waals surface area (Å²) in [5, 5.41) is 6.30. The standard InChI is InChI=1S/C17H23N5OS/c1-12-9-22-11-14(4-5-15(22)19-12)20-16(23)13-3-2-7-21(10-13)17-18-6-8-24-17/h6,8-9,13-14H,2-5,7,10-11H2,1H3,(H,20,23). The lowest BCUT2D eigenvalue weighted by Gasteiger charge is -2.33. The molecule has 1 amide bonds. The highest BCUT2D eigenvalue weighted by molar-refractivity contribution is 7.13. The maximum absolute atomic E-state index is 12.7. The largest absolute Gasteiger partial charge is 0.351 e. The van der Waals surface area contributed by atoms with Gasteiger partial charge in [-0.25, -0.2) is 9.97 Å². The van der Waals surface area contributed by atoms with Crippen LogP contribution >= 0.6 is 11.3 Å². The van der Waals surface area contributed by atoms with Crippen LogP contribution in [0, 0.1) is 12.8 Å². The van der Waals surface area contributed by atoms with E-state index in [1.165, 1.54) is 0 Å². The van der Waals surface area contributed by atoms with Crippen molar-refractivity contribution in [2.24, 2.45) is 5.92 Å². The van der Waals surface area contributed by atoms with E-state index in [1.807, 2.05) is 18.5 Å². The van der Waals surface area contributed by atoms with Crippen LogP contribution in [-0.4, -0.2) is 39.6 Å². The quantitative estimate of drug-likeness (QED) is 0.924. The lowest BCUT2D eigenvalue weighted by atomic mass is 9.96. The van der Waals surface area contributed by atoms with Crippen LogP contribution in [0.25, 0.3) is 0 Å². The molecule has 2 aliphatic heterocycles. The molecule has 1 saturated heterocycles. The minimum atomic E-state index is 0.0635. The average molecular weight is 345 g/mol. The molecule has 7 heteroatoms. The van der Waals surface area contributed by atoms with Crippen molar-refractivity contribution in [3.05, 3.63) is 29.3 Å². The molecule has 6 nitrogen and oxygen atoms in total. The number of carbonyl (C=O) groups is 1. The van der Waals surface area contributed by atoms with E-state index in [4.69, 9.17) is 0 Å². The average Bonchev–Trinajstić information content (AvgIpc) is 3.23. The highest BCUT2D eigenvalue weighted by atomic mass is 32.1. The molecule has 24 heavy (non-hydrogen) atoms. The summed E-state index contributed by atoms with van der Waals surface area (Å²) in [4.78, 5) is 23.9. The van der Waals surface area contributed by atoms with Crippen LogP contribution in [0.1, 0.15) is 30.8 Å². The first-order valence-electron chi connectivity index (χ1n) is 8.66. The highest BCUT2D eigenvalue weighted by Gasteiger charge is 2.29. The topological polar surface area (TPSA) is 63.1 Å². The van der Waals surface area contributed by atoms with Gasteiger partial charge in [0, 0.05) is 49.9 Å². The molecule has 2 aliphatic rings. The van der Waals surface area contributed by atoms with E-state index in [0.717, 1.165) is 62.0 Å². The van der Waals surface area contributed by atoms with E-state index in [2.05, 4.69) is 30.9 Å². The van der Waals surface area contributed by atoms with Gasteiger partial charge in [0.25, 0.3) is 0 Å². The molecule has 0 radical (unpaired) electrons. The molecule has 0 bridgehead atoms. The van der Waals surface area contributed by atoms with Gasteiger partial charge in [0.05, 0.1) is 11.6 Å². The van der Waals surface area contributed by atoms with Gasteiger partial charge >= 0.3 is 0 Å². The first kappa shape index (κ1) is 15.6. The van der Waals surface area contributed by atoms with E-state index in [0.29, 0.717) is 0 Å². The second kappa shape index (κ2) is 6.55. The van der Waals surface area contributed by atoms with Crippen LogP contribution in [0.4, 0.5) is 5.13 Å². The third-order valence-corrected chi connectivity index (χ3v) is 5.77. The van der Waals surface area contributed by atoms with E-state index in [1.54, 1.807) is 11.3 Å². The van der Waals surface area contributed by atoms with Gasteiger partial charge in [-0.1, -0.05) is 0 Å². The summed E-state index contributed by atoms with van der Waals surface area (Å²) < 4.78 is 2.19. The number of amides is 1. The van der Waals surface area contributed by atoms with E-state index >= 15 is 0 Å². The van der Waals surface area contributed by atoms with Gasteiger partial charge in [-0.3, -0.25) is 4.79 Å². The Labute approximate surface area is 145 Å². The molecule has 1 N–H and O–H groups in total. The molecule has 2 atom stereocenters. The number of nitrogens with zero attached hydrogens (tertiary/aromatic N) is 4. The van der Waals surface area contributed by atoms with E-state index in [9.17, 15) is 4.79 Å². The number of aryl methyl sites for hydroxylation is 2. The summed E-state index contributed by atoms with van der Waals surface area (Å²) in [6.45, 7) is 4.64. The number of fused-ring (bicyclic) bond motifs is 1. The Kier molecular flexibility index (Phi) is 4.26. The van der Waals surface area contributed by atoms with E-state index < -0.39 is 0 Å². The second-order valence-corrected chi connectivity index (χ2v) is 7.67. The van der Waals surface area contributed by atoms with Crippen LogP contribution in [0.2, 0.25) is 0 Å². The fourth-order valence-electron chi connectivity index (χ4n) is 3.76. The lowest BCUT2D eigenvalue weighted by Crippen LogP contribution is -2.48. The summed E-state index contributed by atoms with van der Waals surface area (Å²) in [5.41, 5.74) is 1.06. The zero-order valence-electron chi connectivity index (χ0n) is 13.9. The molecule has 0 saturated carbocycles. The molecule has 2 aromatic heterocycles. The maximum atomic E-state index is 12.7. The lowest BCUT2D eigenvalue weighted by molar-refractivity contribution is -0.126. The SMILES string of the molecule is Cc1cn2c(n1)CCC(NC(=O)C1CCCN(c3nccs3)C1)C2. The van der Waals surface area contributed by atoms with Gasteiger partial charge in [-0.2, -0.15) is 0 Å². The van der Waals surface area contributed by atoms with Crippen molar-refractivity contribution in [1.82, 2.24) is 19.9 Å². The molecule has 4 rings (SSSR count). The molecule has 2 aromatic rings. The van der Waals surface area contributed by atoms with Crippen LogP contribution in [0.15, 0.2) is 17.8 Å². The Bertz CT molecular complexity index is 711. The third-order valence-electron chi connectivity index (χ3n) is 4.94. The highest BCUT2D eigenvalue weighted by Crippen LogP contribution is 2.25. The number of hydrogen-bond donors (Lipinski definition) is 1. The molecule has 0 aliphatic carbocycles. The summed E-state index contributed by atoms with van der Waals surface area (Å²) in [7, 11) is 0. The number of anilines is 1. The van der Waals surface area contributed by atoms with Crippen molar-refractivity contribution in [3.63, 3.8) is 0 Å². The van der Waals surface area contributed by atoms with Gasteiger partial charge in [0.15, 0.2) is 5.13 Å². The number of thiazole rings is 1. The summed E-state index contributed by atoms with van der Waals surface area (Å²) in [6.07, 6.45) is 7.84. The number of piperidine rings is 1. The van der Waals surface area contributed by atoms with Crippen LogP contribution in [0.3, 0.4) is 0 Å². The zero-order valence-corrected chi connectivity index (χ0v) is 14.8. The molecule has 4 heterocycles. The van der Waals surface area contributed by atoms with Crippen molar-refractivity contribution in [3.8, 4) is 0 Å². The van der Waals surface area contributed by atoms with Crippen molar-refractivity contribution in [2.75, 3.05) is 18.0 Å². The van der Waals surface area contributed by atoms with Gasteiger partial charge in [-0.15, -0.1) is 11.3 Å². The molecular weight excluding hydrogens is 322 g/mol. The van der Waals surface area contributed by atoms with Crippen LogP contribution in [-0.2, 0) is 17.8 Å². The van der Waals surface area contributed by atoms with Gasteiger partial charge in [0.2, 0.25) is 5.91 Å². The molecule has 0 aromatic carbocycles. The fourth-order valence-corrected chi connectivity index (χ4v) is 4.44. The van der Waals surface area contributed by atoms with Crippen molar-refractivity contribution >= 4 is 22.4 Å². The van der Waals surface area contributed by atoms with Crippen LogP contribution < -0.4 is 10.2 Å². The van der Waals surface area contributed by atoms with Crippen molar-refractivity contribution < 1.29 is 4.79 Å². The fraction of sp³-hybridized carbons (Fsp3) is 0.588. The molecule has 128 valence electrons. The summed E-state index contributed by atoms with van der Waals surface area (Å²) in [6, 6.07) is 0.217. The molecule has 0 spiro atoms. The number of aromatic nitrogens is 3. The van der Waals surface area contributed by atoms with Gasteiger partial charge in [0.1, 0.15) is 5.82 Å². The van der Waals surface area contributed by atoms with E-state index in [-0.39, 0.29) is 17.9 Å². The minimum absolute atomic E-state index is 0.0635. The first-order valence-corrected chi connectivity index (χ1v) is 9.54. The van der Waals surface area contributed by atoms with Gasteiger partial charge < -0.3 is 14.8 Å². The predicted octanol–water partition coefficient (Wildman–Crippen LogP) is 2.00. The molecular formula is C17H23N5OS. The van der Waals surface area contributed by atoms with Gasteiger partial charge in [-0.05, 0) is 26.2 Å². The molecule has 1 fully saturated rings. The Balaban J connectivity index is 1.36. The van der Waals surface area contributed by atoms with Crippen molar-refractivity contribution in [2.45, 2.75) is 45.2 Å². The van der Waals surface area contributed by atoms with Crippen molar-refractivity contribution in [1.29, 1.82) is 0 Å². The number of rotatable bonds is 3. The number of hydrogen-bond acceptors (Lipinski definition) is 5. The Morgan fingerprint density at radius 1 is 1.38 bits per heavy atom. The number of imidazole rings is 1. The first-order chi connectivity index (χ1) is 11.7. The monoisotopic (exact) mass is 345 g/mol. The summed E-state index contributed by atoms with van der Waals surface area (Å²) >= 11 is 1.65. The second-order valence-electron chi connectivity index (χ2n) is 6.79. The normalized spacial score (nSPS) is 23.8. The predicted molar refractivity (Wildman–Crippen MR) is 94.3 cm³/mol. The maximum Gasteiger partial charge on any atom is 0.225 e. The summed E-state index contributed by atoms with van der Waals surface area (Å²) in [5.74, 6) is 1.40. The third kappa shape index (κ3) is 3.17. The smallest absolute Gasteiger partial charge is 0.225 e. The van der Waals surface area contributed by atoms with Crippen LogP contribution in [0.5, 0.6) is 0 Å². The zero-order chi connectivity index (χ0) is 16.5. The Morgan fingerprint density at radius 2 is 2.29 bits per heavy atom. The molecule has 2 unspecified atom stereocenters. The Morgan fingerprint density at radius 3 is 3.12 bits per heavy atom. The Hall–Kier alpha value is -1.89. The number of carbonyl (C=O) groups excluding carboxylic acids is 1. The number of nitrogens with one attached hydrogen (secondary N) is 1.